The van der Waals surface area contributed by atoms with E-state index in [1.165, 1.54) is 12.4 Å². The lowest BCUT2D eigenvalue weighted by Gasteiger charge is -2.19. The van der Waals surface area contributed by atoms with Crippen molar-refractivity contribution in [1.82, 2.24) is 19.7 Å². The van der Waals surface area contributed by atoms with Gasteiger partial charge in [-0.25, -0.2) is 9.97 Å². The summed E-state index contributed by atoms with van der Waals surface area (Å²) in [5.41, 5.74) is 4.28. The predicted octanol–water partition coefficient (Wildman–Crippen LogP) is 5.30. The highest BCUT2D eigenvalue weighted by Crippen LogP contribution is 2.37. The number of carbonyl (C=O) groups excluding carboxylic acids is 1. The molecule has 3 aromatic heterocycles. The van der Waals surface area contributed by atoms with Gasteiger partial charge < -0.3 is 10.2 Å². The van der Waals surface area contributed by atoms with Gasteiger partial charge in [0.05, 0.1) is 29.6 Å². The number of benzene rings is 1. The van der Waals surface area contributed by atoms with Gasteiger partial charge in [-0.2, -0.15) is 23.5 Å². The highest BCUT2D eigenvalue weighted by Gasteiger charge is 2.29. The summed E-state index contributed by atoms with van der Waals surface area (Å²) in [4.78, 5) is 23.0. The minimum Gasteiger partial charge on any atom is -0.338 e. The van der Waals surface area contributed by atoms with E-state index >= 15 is 0 Å². The number of amides is 1. The van der Waals surface area contributed by atoms with E-state index in [-0.39, 0.29) is 17.5 Å². The molecule has 0 fully saturated rings. The van der Waals surface area contributed by atoms with Crippen LogP contribution in [0, 0.1) is 11.3 Å². The summed E-state index contributed by atoms with van der Waals surface area (Å²) >= 11 is 6.12. The summed E-state index contributed by atoms with van der Waals surface area (Å²) in [7, 11) is 0. The maximum atomic E-state index is 13.1. The van der Waals surface area contributed by atoms with Crippen LogP contribution < -0.4 is 10.2 Å². The van der Waals surface area contributed by atoms with E-state index in [1.54, 1.807) is 47.6 Å². The van der Waals surface area contributed by atoms with Gasteiger partial charge in [0.15, 0.2) is 0 Å². The molecule has 38 heavy (non-hydrogen) atoms. The number of fused-ring (bicyclic) bond motifs is 1. The number of alkyl halides is 3. The van der Waals surface area contributed by atoms with Crippen molar-refractivity contribution in [3.8, 4) is 17.2 Å². The molecule has 4 heterocycles. The third-order valence-corrected chi connectivity index (χ3v) is 6.34. The third kappa shape index (κ3) is 5.45. The van der Waals surface area contributed by atoms with Crippen molar-refractivity contribution in [1.29, 1.82) is 5.26 Å². The summed E-state index contributed by atoms with van der Waals surface area (Å²) in [5, 5.41) is 16.9. The molecule has 0 atom stereocenters. The summed E-state index contributed by atoms with van der Waals surface area (Å²) in [6.45, 7) is -0.752. The SMILES string of the molecule is N#Cc1cc(-c2ccnc(Nc3cnn(CC(F)(F)F)c3)c2)cc2c1N(C(=O)Cc1cccnc1Cl)CC2. The van der Waals surface area contributed by atoms with Gasteiger partial charge in [0.1, 0.15) is 23.6 Å². The van der Waals surface area contributed by atoms with Crippen LogP contribution in [-0.2, 0) is 24.2 Å². The number of anilines is 3. The maximum absolute atomic E-state index is 13.1. The van der Waals surface area contributed by atoms with Crippen LogP contribution in [-0.4, -0.2) is 38.4 Å². The zero-order chi connectivity index (χ0) is 26.9. The summed E-state index contributed by atoms with van der Waals surface area (Å²) in [5.74, 6) is 0.225. The number of carbonyl (C=O) groups is 1. The van der Waals surface area contributed by atoms with Crippen molar-refractivity contribution in [2.24, 2.45) is 0 Å². The molecule has 8 nitrogen and oxygen atoms in total. The summed E-state index contributed by atoms with van der Waals surface area (Å²) < 4.78 is 38.6. The quantitative estimate of drug-likeness (QED) is 0.335. The molecule has 5 rings (SSSR count). The van der Waals surface area contributed by atoms with E-state index in [0.29, 0.717) is 41.3 Å². The summed E-state index contributed by atoms with van der Waals surface area (Å²) in [6.07, 6.45) is 1.92. The molecular weight excluding hydrogens is 519 g/mol. The van der Waals surface area contributed by atoms with E-state index in [1.807, 2.05) is 6.07 Å². The monoisotopic (exact) mass is 537 g/mol. The Morgan fingerprint density at radius 2 is 2.00 bits per heavy atom. The van der Waals surface area contributed by atoms with Gasteiger partial charge in [0.25, 0.3) is 0 Å². The Labute approximate surface area is 220 Å². The first kappa shape index (κ1) is 25.2. The number of aromatic nitrogens is 4. The van der Waals surface area contributed by atoms with Crippen LogP contribution >= 0.6 is 11.6 Å². The van der Waals surface area contributed by atoms with Crippen LogP contribution in [0.5, 0.6) is 0 Å². The van der Waals surface area contributed by atoms with Crippen LogP contribution in [0.2, 0.25) is 5.15 Å². The van der Waals surface area contributed by atoms with Crippen molar-refractivity contribution < 1.29 is 18.0 Å². The normalized spacial score (nSPS) is 12.8. The van der Waals surface area contributed by atoms with Gasteiger partial charge >= 0.3 is 6.18 Å². The van der Waals surface area contributed by atoms with E-state index in [9.17, 15) is 23.2 Å². The first-order chi connectivity index (χ1) is 18.2. The van der Waals surface area contributed by atoms with Crippen molar-refractivity contribution in [2.75, 3.05) is 16.8 Å². The molecule has 1 aliphatic rings. The average molecular weight is 538 g/mol. The van der Waals surface area contributed by atoms with E-state index in [2.05, 4.69) is 26.5 Å². The number of nitriles is 1. The van der Waals surface area contributed by atoms with Gasteiger partial charge in [0.2, 0.25) is 5.91 Å². The fourth-order valence-corrected chi connectivity index (χ4v) is 4.57. The maximum Gasteiger partial charge on any atom is 0.408 e. The molecular formula is C26H19ClF3N7O. The minimum absolute atomic E-state index is 0.0671. The van der Waals surface area contributed by atoms with Gasteiger partial charge in [-0.3, -0.25) is 9.48 Å². The van der Waals surface area contributed by atoms with Crippen molar-refractivity contribution in [3.05, 3.63) is 83.0 Å². The lowest BCUT2D eigenvalue weighted by molar-refractivity contribution is -0.142. The van der Waals surface area contributed by atoms with Crippen LogP contribution in [0.1, 0.15) is 16.7 Å². The number of halogens is 4. The van der Waals surface area contributed by atoms with E-state index in [0.717, 1.165) is 21.4 Å². The second kappa shape index (κ2) is 10.1. The number of hydrogen-bond donors (Lipinski definition) is 1. The molecule has 0 saturated heterocycles. The smallest absolute Gasteiger partial charge is 0.338 e. The second-order valence-electron chi connectivity index (χ2n) is 8.67. The van der Waals surface area contributed by atoms with Crippen LogP contribution in [0.4, 0.5) is 30.4 Å². The molecule has 0 radical (unpaired) electrons. The van der Waals surface area contributed by atoms with E-state index < -0.39 is 12.7 Å². The summed E-state index contributed by atoms with van der Waals surface area (Å²) in [6, 6.07) is 12.8. The highest BCUT2D eigenvalue weighted by atomic mass is 35.5. The van der Waals surface area contributed by atoms with Crippen LogP contribution in [0.15, 0.2) is 61.2 Å². The molecule has 1 amide bonds. The first-order valence-electron chi connectivity index (χ1n) is 11.5. The molecule has 4 aromatic rings. The number of hydrogen-bond acceptors (Lipinski definition) is 6. The predicted molar refractivity (Wildman–Crippen MR) is 135 cm³/mol. The lowest BCUT2D eigenvalue weighted by Crippen LogP contribution is -2.31. The molecule has 192 valence electrons. The standard InChI is InChI=1S/C26H19ClF3N7O/c27-25-18(2-1-5-33-25)11-23(38)37-7-4-17-8-19(9-20(12-31)24(17)37)16-3-6-32-22(10-16)35-21-13-34-36(14-21)15-26(28,29)30/h1-3,5-6,8-10,13-14H,4,7,11,15H2,(H,32,35). The first-order valence-corrected chi connectivity index (χ1v) is 11.9. The lowest BCUT2D eigenvalue weighted by atomic mass is 9.98. The van der Waals surface area contributed by atoms with Gasteiger partial charge in [-0.1, -0.05) is 17.7 Å². The Hall–Kier alpha value is -4.43. The topological polar surface area (TPSA) is 99.7 Å². The molecule has 0 saturated carbocycles. The average Bonchev–Trinajstić information content (AvgIpc) is 3.50. The Morgan fingerprint density at radius 3 is 2.76 bits per heavy atom. The van der Waals surface area contributed by atoms with E-state index in [4.69, 9.17) is 11.6 Å². The van der Waals surface area contributed by atoms with Gasteiger partial charge in [-0.05, 0) is 59.0 Å². The molecule has 0 aliphatic carbocycles. The van der Waals surface area contributed by atoms with Crippen molar-refractivity contribution in [3.63, 3.8) is 0 Å². The third-order valence-electron chi connectivity index (χ3n) is 6.00. The second-order valence-corrected chi connectivity index (χ2v) is 9.02. The molecule has 0 bridgehead atoms. The van der Waals surface area contributed by atoms with Crippen LogP contribution in [0.3, 0.4) is 0 Å². The van der Waals surface area contributed by atoms with Crippen molar-refractivity contribution >= 4 is 34.7 Å². The molecule has 0 unspecified atom stereocenters. The number of nitrogens with one attached hydrogen (secondary N) is 1. The molecule has 1 aliphatic heterocycles. The van der Waals surface area contributed by atoms with Crippen molar-refractivity contribution in [2.45, 2.75) is 25.6 Å². The zero-order valence-electron chi connectivity index (χ0n) is 19.7. The number of nitrogens with zero attached hydrogens (tertiary/aromatic N) is 6. The fraction of sp³-hybridized carbons (Fsp3) is 0.192. The zero-order valence-corrected chi connectivity index (χ0v) is 20.5. The fourth-order valence-electron chi connectivity index (χ4n) is 4.38. The minimum atomic E-state index is -4.38. The molecule has 1 aromatic carbocycles. The Kier molecular flexibility index (Phi) is 6.73. The number of pyridine rings is 2. The Morgan fingerprint density at radius 1 is 1.16 bits per heavy atom. The van der Waals surface area contributed by atoms with Gasteiger partial charge in [0, 0.05) is 25.1 Å². The highest BCUT2D eigenvalue weighted by molar-refractivity contribution is 6.30. The Bertz CT molecular complexity index is 1560. The molecule has 12 heteroatoms. The van der Waals surface area contributed by atoms with Gasteiger partial charge in [-0.15, -0.1) is 0 Å². The molecule has 1 N–H and O–H groups in total. The Balaban J connectivity index is 1.38. The largest absolute Gasteiger partial charge is 0.408 e. The molecule has 0 spiro atoms. The number of rotatable bonds is 6. The van der Waals surface area contributed by atoms with Crippen LogP contribution in [0.25, 0.3) is 11.1 Å².